The number of carbonyl (C=O) groups excluding carboxylic acids is 1. The minimum Gasteiger partial charge on any atom is -0.484 e. The van der Waals surface area contributed by atoms with Crippen LogP contribution in [0.25, 0.3) is 0 Å². The van der Waals surface area contributed by atoms with Crippen molar-refractivity contribution in [1.29, 1.82) is 0 Å². The summed E-state index contributed by atoms with van der Waals surface area (Å²) < 4.78 is 5.24. The van der Waals surface area contributed by atoms with Crippen LogP contribution in [0.15, 0.2) is 30.3 Å². The number of likely N-dealkylation sites (N-methyl/N-ethyl adjacent to an activating group) is 1. The maximum atomic E-state index is 11.1. The lowest BCUT2D eigenvalue weighted by atomic mass is 10.3. The van der Waals surface area contributed by atoms with Crippen molar-refractivity contribution in [1.82, 2.24) is 4.90 Å². The van der Waals surface area contributed by atoms with Crippen molar-refractivity contribution in [3.05, 3.63) is 30.3 Å². The largest absolute Gasteiger partial charge is 0.484 e. The van der Waals surface area contributed by atoms with Gasteiger partial charge < -0.3 is 9.64 Å². The lowest BCUT2D eigenvalue weighted by molar-refractivity contribution is -0.130. The van der Waals surface area contributed by atoms with Gasteiger partial charge in [-0.25, -0.2) is 0 Å². The molecule has 1 amide bonds. The van der Waals surface area contributed by atoms with Gasteiger partial charge in [-0.3, -0.25) is 4.79 Å². The first-order valence-corrected chi connectivity index (χ1v) is 4.08. The lowest BCUT2D eigenvalue weighted by Crippen LogP contribution is -2.27. The summed E-state index contributed by atoms with van der Waals surface area (Å²) in [6, 6.07) is 9.29. The van der Waals surface area contributed by atoms with Gasteiger partial charge in [-0.2, -0.15) is 0 Å². The fourth-order valence-electron chi connectivity index (χ4n) is 0.791. The smallest absolute Gasteiger partial charge is 0.259 e. The average molecular weight is 179 g/mol. The number of hydrogen-bond acceptors (Lipinski definition) is 2. The Morgan fingerprint density at radius 1 is 1.31 bits per heavy atom. The van der Waals surface area contributed by atoms with Gasteiger partial charge in [0, 0.05) is 14.1 Å². The second-order valence-corrected chi connectivity index (χ2v) is 2.89. The second kappa shape index (κ2) is 4.50. The molecular formula is C10H13NO2. The molecular weight excluding hydrogens is 166 g/mol. The Kier molecular flexibility index (Phi) is 3.31. The van der Waals surface area contributed by atoms with E-state index in [1.807, 2.05) is 30.3 Å². The molecule has 0 bridgehead atoms. The number of para-hydroxylation sites is 1. The van der Waals surface area contributed by atoms with Gasteiger partial charge in [0.2, 0.25) is 0 Å². The predicted molar refractivity (Wildman–Crippen MR) is 50.6 cm³/mol. The lowest BCUT2D eigenvalue weighted by Gasteiger charge is -2.10. The Labute approximate surface area is 77.9 Å². The highest BCUT2D eigenvalue weighted by Gasteiger charge is 2.03. The molecule has 0 aliphatic carbocycles. The number of ether oxygens (including phenoxy) is 1. The molecule has 0 atom stereocenters. The van der Waals surface area contributed by atoms with Crippen molar-refractivity contribution >= 4 is 5.91 Å². The molecule has 1 aromatic carbocycles. The maximum Gasteiger partial charge on any atom is 0.259 e. The van der Waals surface area contributed by atoms with Crippen molar-refractivity contribution in [2.75, 3.05) is 20.7 Å². The van der Waals surface area contributed by atoms with Crippen LogP contribution >= 0.6 is 0 Å². The van der Waals surface area contributed by atoms with Crippen molar-refractivity contribution in [3.63, 3.8) is 0 Å². The van der Waals surface area contributed by atoms with Crippen molar-refractivity contribution in [2.24, 2.45) is 0 Å². The van der Waals surface area contributed by atoms with E-state index in [4.69, 9.17) is 4.74 Å². The van der Waals surface area contributed by atoms with Crippen LogP contribution in [0, 0.1) is 0 Å². The molecule has 3 nitrogen and oxygen atoms in total. The van der Waals surface area contributed by atoms with Crippen LogP contribution in [-0.2, 0) is 4.79 Å². The number of carbonyl (C=O) groups is 1. The Hall–Kier alpha value is -1.51. The molecule has 70 valence electrons. The number of benzene rings is 1. The molecule has 0 aliphatic heterocycles. The molecule has 0 N–H and O–H groups in total. The van der Waals surface area contributed by atoms with Crippen LogP contribution in [0.5, 0.6) is 5.75 Å². The van der Waals surface area contributed by atoms with Gasteiger partial charge in [0.25, 0.3) is 5.91 Å². The summed E-state index contributed by atoms with van der Waals surface area (Å²) in [6.45, 7) is 0.0943. The summed E-state index contributed by atoms with van der Waals surface area (Å²) in [6.07, 6.45) is 0. The third kappa shape index (κ3) is 3.15. The minimum atomic E-state index is -0.0381. The van der Waals surface area contributed by atoms with E-state index in [2.05, 4.69) is 0 Å². The number of amides is 1. The standard InChI is InChI=1S/C10H13NO2/c1-11(2)10(12)8-13-9-6-4-3-5-7-9/h3-7H,8H2,1-2H3. The Balaban J connectivity index is 2.40. The number of hydrogen-bond donors (Lipinski definition) is 0. The SMILES string of the molecule is CN(C)C(=O)COc1ccccc1. The Bertz CT molecular complexity index is 270. The van der Waals surface area contributed by atoms with Crippen molar-refractivity contribution in [2.45, 2.75) is 0 Å². The molecule has 1 rings (SSSR count). The zero-order valence-electron chi connectivity index (χ0n) is 7.86. The number of rotatable bonds is 3. The molecule has 3 heteroatoms. The van der Waals surface area contributed by atoms with Gasteiger partial charge in [0.05, 0.1) is 0 Å². The molecule has 0 unspecified atom stereocenters. The van der Waals surface area contributed by atoms with E-state index in [0.717, 1.165) is 5.75 Å². The van der Waals surface area contributed by atoms with E-state index in [0.29, 0.717) is 0 Å². The monoisotopic (exact) mass is 179 g/mol. The summed E-state index contributed by atoms with van der Waals surface area (Å²) in [5.74, 6) is 0.682. The first kappa shape index (κ1) is 9.58. The van der Waals surface area contributed by atoms with Gasteiger partial charge in [-0.1, -0.05) is 18.2 Å². The van der Waals surface area contributed by atoms with E-state index < -0.39 is 0 Å². The van der Waals surface area contributed by atoms with Gasteiger partial charge in [0.1, 0.15) is 5.75 Å². The number of nitrogens with zero attached hydrogens (tertiary/aromatic N) is 1. The molecule has 0 aromatic heterocycles. The van der Waals surface area contributed by atoms with E-state index in [9.17, 15) is 4.79 Å². The van der Waals surface area contributed by atoms with E-state index in [1.54, 1.807) is 14.1 Å². The molecule has 0 saturated carbocycles. The fraction of sp³-hybridized carbons (Fsp3) is 0.300. The molecule has 0 spiro atoms. The first-order valence-electron chi connectivity index (χ1n) is 4.08. The quantitative estimate of drug-likeness (QED) is 0.696. The van der Waals surface area contributed by atoms with E-state index in [1.165, 1.54) is 4.90 Å². The molecule has 1 aromatic rings. The van der Waals surface area contributed by atoms with Crippen LogP contribution in [-0.4, -0.2) is 31.5 Å². The van der Waals surface area contributed by atoms with Gasteiger partial charge in [-0.15, -0.1) is 0 Å². The summed E-state index contributed by atoms with van der Waals surface area (Å²) in [5, 5.41) is 0. The molecule has 13 heavy (non-hydrogen) atoms. The summed E-state index contributed by atoms with van der Waals surface area (Å²) in [4.78, 5) is 12.6. The maximum absolute atomic E-state index is 11.1. The molecule has 0 heterocycles. The fourth-order valence-corrected chi connectivity index (χ4v) is 0.791. The van der Waals surface area contributed by atoms with E-state index >= 15 is 0 Å². The van der Waals surface area contributed by atoms with E-state index in [-0.39, 0.29) is 12.5 Å². The topological polar surface area (TPSA) is 29.5 Å². The summed E-state index contributed by atoms with van der Waals surface area (Å²) >= 11 is 0. The molecule has 0 saturated heterocycles. The van der Waals surface area contributed by atoms with Gasteiger partial charge in [0.15, 0.2) is 6.61 Å². The third-order valence-corrected chi connectivity index (χ3v) is 1.60. The van der Waals surface area contributed by atoms with Crippen molar-refractivity contribution < 1.29 is 9.53 Å². The van der Waals surface area contributed by atoms with Gasteiger partial charge in [-0.05, 0) is 12.1 Å². The normalized spacial score (nSPS) is 9.38. The highest BCUT2D eigenvalue weighted by molar-refractivity contribution is 5.77. The zero-order valence-corrected chi connectivity index (χ0v) is 7.86. The highest BCUT2D eigenvalue weighted by atomic mass is 16.5. The average Bonchev–Trinajstić information content (AvgIpc) is 2.15. The van der Waals surface area contributed by atoms with Crippen LogP contribution in [0.2, 0.25) is 0 Å². The van der Waals surface area contributed by atoms with Crippen LogP contribution in [0.4, 0.5) is 0 Å². The highest BCUT2D eigenvalue weighted by Crippen LogP contribution is 2.07. The van der Waals surface area contributed by atoms with Crippen LogP contribution < -0.4 is 4.74 Å². The predicted octanol–water partition coefficient (Wildman–Crippen LogP) is 1.15. The third-order valence-electron chi connectivity index (χ3n) is 1.60. The molecule has 0 radical (unpaired) electrons. The minimum absolute atomic E-state index is 0.0381. The summed E-state index contributed by atoms with van der Waals surface area (Å²) in [7, 11) is 3.41. The van der Waals surface area contributed by atoms with Gasteiger partial charge >= 0.3 is 0 Å². The first-order chi connectivity index (χ1) is 6.20. The van der Waals surface area contributed by atoms with Crippen LogP contribution in [0.1, 0.15) is 0 Å². The summed E-state index contributed by atoms with van der Waals surface area (Å²) in [5.41, 5.74) is 0. The molecule has 0 fully saturated rings. The van der Waals surface area contributed by atoms with Crippen LogP contribution in [0.3, 0.4) is 0 Å². The Morgan fingerprint density at radius 2 is 1.92 bits per heavy atom. The Morgan fingerprint density at radius 3 is 2.46 bits per heavy atom. The van der Waals surface area contributed by atoms with Crippen molar-refractivity contribution in [3.8, 4) is 5.75 Å². The zero-order chi connectivity index (χ0) is 9.68. The second-order valence-electron chi connectivity index (χ2n) is 2.89. The molecule has 0 aliphatic rings.